The van der Waals surface area contributed by atoms with Crippen LogP contribution in [0, 0.1) is 11.2 Å². The molecule has 0 radical (unpaired) electrons. The highest BCUT2D eigenvalue weighted by Gasteiger charge is 2.27. The summed E-state index contributed by atoms with van der Waals surface area (Å²) in [6.45, 7) is 4.07. The van der Waals surface area contributed by atoms with Crippen molar-refractivity contribution < 1.29 is 19.0 Å². The summed E-state index contributed by atoms with van der Waals surface area (Å²) in [6.07, 6.45) is 1.78. The number of halogens is 1. The summed E-state index contributed by atoms with van der Waals surface area (Å²) in [7, 11) is 0. The first kappa shape index (κ1) is 14.6. The van der Waals surface area contributed by atoms with Gasteiger partial charge in [0.2, 0.25) is 0 Å². The van der Waals surface area contributed by atoms with Crippen LogP contribution in [0.1, 0.15) is 30.1 Å². The number of carboxylic acids is 1. The molecule has 110 valence electrons. The lowest BCUT2D eigenvalue weighted by Gasteiger charge is -2.34. The van der Waals surface area contributed by atoms with Gasteiger partial charge in [0.25, 0.3) is 0 Å². The largest absolute Gasteiger partial charge is 0.478 e. The van der Waals surface area contributed by atoms with Gasteiger partial charge in [-0.15, -0.1) is 0 Å². The number of nitrogen functional groups attached to an aromatic ring is 1. The molecule has 0 aliphatic carbocycles. The van der Waals surface area contributed by atoms with Gasteiger partial charge in [0.15, 0.2) is 0 Å². The number of rotatable bonds is 4. The smallest absolute Gasteiger partial charge is 0.337 e. The van der Waals surface area contributed by atoms with E-state index in [2.05, 4.69) is 12.2 Å². The molecule has 0 atom stereocenters. The molecule has 0 bridgehead atoms. The molecule has 4 N–H and O–H groups in total. The summed E-state index contributed by atoms with van der Waals surface area (Å²) >= 11 is 0. The zero-order valence-corrected chi connectivity index (χ0v) is 11.4. The van der Waals surface area contributed by atoms with Crippen molar-refractivity contribution in [2.45, 2.75) is 19.8 Å². The normalized spacial score (nSPS) is 17.7. The van der Waals surface area contributed by atoms with E-state index in [1.54, 1.807) is 0 Å². The van der Waals surface area contributed by atoms with E-state index in [1.165, 1.54) is 6.07 Å². The number of carboxylic acid groups (broad SMARTS) is 1. The molecule has 0 unspecified atom stereocenters. The average molecular weight is 282 g/mol. The molecule has 1 fully saturated rings. The van der Waals surface area contributed by atoms with Crippen molar-refractivity contribution in [1.29, 1.82) is 0 Å². The number of benzene rings is 1. The predicted molar refractivity (Wildman–Crippen MR) is 74.4 cm³/mol. The van der Waals surface area contributed by atoms with Gasteiger partial charge < -0.3 is 20.9 Å². The number of anilines is 2. The molecule has 1 aliphatic heterocycles. The van der Waals surface area contributed by atoms with E-state index >= 15 is 0 Å². The van der Waals surface area contributed by atoms with Crippen LogP contribution in [0.25, 0.3) is 0 Å². The quantitative estimate of drug-likeness (QED) is 0.738. The van der Waals surface area contributed by atoms with Crippen LogP contribution in [0.15, 0.2) is 12.1 Å². The van der Waals surface area contributed by atoms with E-state index in [9.17, 15) is 9.18 Å². The Morgan fingerprint density at radius 1 is 1.50 bits per heavy atom. The summed E-state index contributed by atoms with van der Waals surface area (Å²) < 4.78 is 19.1. The number of aromatic carboxylic acids is 1. The van der Waals surface area contributed by atoms with Crippen molar-refractivity contribution in [3.63, 3.8) is 0 Å². The second-order valence-corrected chi connectivity index (χ2v) is 5.50. The summed E-state index contributed by atoms with van der Waals surface area (Å²) in [5.41, 5.74) is 5.52. The second kappa shape index (κ2) is 5.66. The number of hydrogen-bond acceptors (Lipinski definition) is 4. The highest BCUT2D eigenvalue weighted by molar-refractivity contribution is 5.94. The Labute approximate surface area is 116 Å². The standard InChI is InChI=1S/C14H19FN2O3/c1-14(2-4-20-5-3-14)8-17-12-6-9(13(18)19)11(16)7-10(12)15/h6-7,17H,2-5,8,16H2,1H3,(H,18,19). The number of nitrogens with two attached hydrogens (primary N) is 1. The van der Waals surface area contributed by atoms with Crippen molar-refractivity contribution in [3.05, 3.63) is 23.5 Å². The third-order valence-electron chi connectivity index (χ3n) is 3.78. The zero-order chi connectivity index (χ0) is 14.8. The summed E-state index contributed by atoms with van der Waals surface area (Å²) in [5.74, 6) is -1.70. The van der Waals surface area contributed by atoms with E-state index in [-0.39, 0.29) is 22.4 Å². The summed E-state index contributed by atoms with van der Waals surface area (Å²) in [4.78, 5) is 11.0. The predicted octanol–water partition coefficient (Wildman–Crippen LogP) is 2.33. The van der Waals surface area contributed by atoms with Gasteiger partial charge in [0.1, 0.15) is 5.82 Å². The molecule has 1 aromatic rings. The molecule has 0 aromatic heterocycles. The van der Waals surface area contributed by atoms with Gasteiger partial charge in [-0.05, 0) is 30.4 Å². The van der Waals surface area contributed by atoms with E-state index in [0.717, 1.165) is 18.9 Å². The number of nitrogens with one attached hydrogen (secondary N) is 1. The van der Waals surface area contributed by atoms with E-state index < -0.39 is 11.8 Å². The second-order valence-electron chi connectivity index (χ2n) is 5.50. The van der Waals surface area contributed by atoms with Gasteiger partial charge in [0.05, 0.1) is 11.3 Å². The highest BCUT2D eigenvalue weighted by atomic mass is 19.1. The number of hydrogen-bond donors (Lipinski definition) is 3. The molecular weight excluding hydrogens is 263 g/mol. The van der Waals surface area contributed by atoms with Gasteiger partial charge in [-0.3, -0.25) is 0 Å². The third kappa shape index (κ3) is 3.19. The molecule has 2 rings (SSSR count). The minimum atomic E-state index is -1.16. The van der Waals surface area contributed by atoms with Crippen LogP contribution in [0.4, 0.5) is 15.8 Å². The molecule has 20 heavy (non-hydrogen) atoms. The third-order valence-corrected chi connectivity index (χ3v) is 3.78. The molecule has 0 amide bonds. The van der Waals surface area contributed by atoms with Crippen LogP contribution < -0.4 is 11.1 Å². The maximum atomic E-state index is 13.8. The lowest BCUT2D eigenvalue weighted by molar-refractivity contribution is 0.0300. The summed E-state index contributed by atoms with van der Waals surface area (Å²) in [6, 6.07) is 2.29. The van der Waals surface area contributed by atoms with E-state index in [4.69, 9.17) is 15.6 Å². The van der Waals surface area contributed by atoms with Crippen LogP contribution in [0.5, 0.6) is 0 Å². The molecular formula is C14H19FN2O3. The Bertz CT molecular complexity index is 513. The van der Waals surface area contributed by atoms with Crippen LogP contribution in [0.2, 0.25) is 0 Å². The molecule has 1 heterocycles. The molecule has 1 saturated heterocycles. The first-order valence-electron chi connectivity index (χ1n) is 6.55. The van der Waals surface area contributed by atoms with Gasteiger partial charge in [-0.1, -0.05) is 6.92 Å². The van der Waals surface area contributed by atoms with Crippen molar-refractivity contribution in [1.82, 2.24) is 0 Å². The maximum Gasteiger partial charge on any atom is 0.337 e. The zero-order valence-electron chi connectivity index (χ0n) is 11.4. The monoisotopic (exact) mass is 282 g/mol. The lowest BCUT2D eigenvalue weighted by atomic mass is 9.82. The van der Waals surface area contributed by atoms with Crippen molar-refractivity contribution >= 4 is 17.3 Å². The van der Waals surface area contributed by atoms with Crippen LogP contribution in [0.3, 0.4) is 0 Å². The van der Waals surface area contributed by atoms with Crippen molar-refractivity contribution in [3.8, 4) is 0 Å². The van der Waals surface area contributed by atoms with Gasteiger partial charge >= 0.3 is 5.97 Å². The number of ether oxygens (including phenoxy) is 1. The van der Waals surface area contributed by atoms with Gasteiger partial charge in [-0.25, -0.2) is 9.18 Å². The molecule has 6 heteroatoms. The number of carbonyl (C=O) groups is 1. The Balaban J connectivity index is 2.12. The van der Waals surface area contributed by atoms with E-state index in [1.807, 2.05) is 0 Å². The van der Waals surface area contributed by atoms with E-state index in [0.29, 0.717) is 19.8 Å². The fraction of sp³-hybridized carbons (Fsp3) is 0.500. The summed E-state index contributed by atoms with van der Waals surface area (Å²) in [5, 5.41) is 12.0. The molecule has 0 saturated carbocycles. The van der Waals surface area contributed by atoms with Crippen LogP contribution in [-0.4, -0.2) is 30.8 Å². The van der Waals surface area contributed by atoms with Crippen LogP contribution in [-0.2, 0) is 4.74 Å². The first-order chi connectivity index (χ1) is 9.41. The Kier molecular flexibility index (Phi) is 4.13. The molecule has 5 nitrogen and oxygen atoms in total. The highest BCUT2D eigenvalue weighted by Crippen LogP contribution is 2.31. The maximum absolute atomic E-state index is 13.8. The minimum Gasteiger partial charge on any atom is -0.478 e. The molecule has 1 aliphatic rings. The lowest BCUT2D eigenvalue weighted by Crippen LogP contribution is -2.33. The molecule has 0 spiro atoms. The van der Waals surface area contributed by atoms with Gasteiger partial charge in [0, 0.05) is 25.4 Å². The van der Waals surface area contributed by atoms with Crippen molar-refractivity contribution in [2.24, 2.45) is 5.41 Å². The topological polar surface area (TPSA) is 84.6 Å². The van der Waals surface area contributed by atoms with Crippen molar-refractivity contribution in [2.75, 3.05) is 30.8 Å². The SMILES string of the molecule is CC1(CNc2cc(C(=O)O)c(N)cc2F)CCOCC1. The fourth-order valence-electron chi connectivity index (χ4n) is 2.26. The Morgan fingerprint density at radius 3 is 2.75 bits per heavy atom. The minimum absolute atomic E-state index is 0.0233. The van der Waals surface area contributed by atoms with Crippen LogP contribution >= 0.6 is 0 Å². The fourth-order valence-corrected chi connectivity index (χ4v) is 2.26. The Morgan fingerprint density at radius 2 is 2.15 bits per heavy atom. The van der Waals surface area contributed by atoms with Gasteiger partial charge in [-0.2, -0.15) is 0 Å². The molecule has 1 aromatic carbocycles. The first-order valence-corrected chi connectivity index (χ1v) is 6.55. The Hall–Kier alpha value is -1.82. The average Bonchev–Trinajstić information content (AvgIpc) is 2.38.